The molecule has 1 heterocycles. The Hall–Kier alpha value is -3.48. The highest BCUT2D eigenvalue weighted by atomic mass is 16.5. The van der Waals surface area contributed by atoms with Gasteiger partial charge in [0.25, 0.3) is 0 Å². The molecule has 0 aliphatic heterocycles. The van der Waals surface area contributed by atoms with Gasteiger partial charge in [-0.2, -0.15) is 4.98 Å². The molecule has 7 nitrogen and oxygen atoms in total. The first-order valence-corrected chi connectivity index (χ1v) is 9.35. The quantitative estimate of drug-likeness (QED) is 0.565. The van der Waals surface area contributed by atoms with E-state index in [0.29, 0.717) is 29.0 Å². The number of hydrogen-bond donors (Lipinski definition) is 2. The number of hydrogen-bond acceptors (Lipinski definition) is 7. The molecule has 3 aromatic rings. The van der Waals surface area contributed by atoms with Crippen molar-refractivity contribution in [1.82, 2.24) is 9.97 Å². The monoisotopic (exact) mass is 394 g/mol. The zero-order chi connectivity index (χ0) is 20.8. The lowest BCUT2D eigenvalue weighted by atomic mass is 10.1. The summed E-state index contributed by atoms with van der Waals surface area (Å²) in [5.41, 5.74) is 4.21. The fraction of sp³-hybridized carbons (Fsp3) is 0.273. The second-order valence-electron chi connectivity index (χ2n) is 6.39. The number of nitrogens with one attached hydrogen (secondary N) is 2. The van der Waals surface area contributed by atoms with Crippen LogP contribution in [0.3, 0.4) is 0 Å². The molecule has 1 aromatic heterocycles. The van der Waals surface area contributed by atoms with Gasteiger partial charge >= 0.3 is 0 Å². The standard InChI is InChI=1S/C22H26N4O3/c1-6-15-9-7-8-14(2)20(15)25-19-10-11-23-22(26-19)24-16-12-17(27-3)21(29-5)18(13-16)28-4/h7-13H,6H2,1-5H3,(H2,23,24,25,26). The van der Waals surface area contributed by atoms with Crippen LogP contribution in [0.1, 0.15) is 18.1 Å². The molecule has 0 radical (unpaired) electrons. The van der Waals surface area contributed by atoms with Crippen molar-refractivity contribution in [3.05, 3.63) is 53.7 Å². The van der Waals surface area contributed by atoms with Crippen LogP contribution in [-0.2, 0) is 6.42 Å². The maximum Gasteiger partial charge on any atom is 0.229 e. The van der Waals surface area contributed by atoms with E-state index in [9.17, 15) is 0 Å². The van der Waals surface area contributed by atoms with E-state index >= 15 is 0 Å². The van der Waals surface area contributed by atoms with Crippen LogP contribution in [0.4, 0.5) is 23.1 Å². The summed E-state index contributed by atoms with van der Waals surface area (Å²) < 4.78 is 16.2. The minimum atomic E-state index is 0.455. The van der Waals surface area contributed by atoms with Crippen molar-refractivity contribution >= 4 is 23.1 Å². The number of nitrogens with zero attached hydrogens (tertiary/aromatic N) is 2. The molecule has 0 fully saturated rings. The predicted octanol–water partition coefficient (Wildman–Crippen LogP) is 4.86. The number of aromatic nitrogens is 2. The van der Waals surface area contributed by atoms with E-state index < -0.39 is 0 Å². The number of para-hydroxylation sites is 1. The molecule has 29 heavy (non-hydrogen) atoms. The van der Waals surface area contributed by atoms with E-state index in [1.165, 1.54) is 11.1 Å². The Morgan fingerprint density at radius 3 is 2.28 bits per heavy atom. The molecule has 0 amide bonds. The number of aryl methyl sites for hydroxylation is 2. The Balaban J connectivity index is 1.88. The first-order valence-electron chi connectivity index (χ1n) is 9.35. The number of ether oxygens (including phenoxy) is 3. The number of benzene rings is 2. The third-order valence-corrected chi connectivity index (χ3v) is 4.57. The minimum Gasteiger partial charge on any atom is -0.493 e. The maximum absolute atomic E-state index is 5.40. The van der Waals surface area contributed by atoms with Crippen LogP contribution in [0.5, 0.6) is 17.2 Å². The lowest BCUT2D eigenvalue weighted by Gasteiger charge is -2.15. The molecule has 152 valence electrons. The highest BCUT2D eigenvalue weighted by molar-refractivity contribution is 5.68. The van der Waals surface area contributed by atoms with Gasteiger partial charge in [0.1, 0.15) is 5.82 Å². The number of methoxy groups -OCH3 is 3. The van der Waals surface area contributed by atoms with Gasteiger partial charge in [-0.25, -0.2) is 4.98 Å². The molecule has 3 rings (SSSR count). The van der Waals surface area contributed by atoms with Crippen LogP contribution in [0.25, 0.3) is 0 Å². The van der Waals surface area contributed by atoms with Gasteiger partial charge in [0, 0.05) is 29.7 Å². The van der Waals surface area contributed by atoms with E-state index in [-0.39, 0.29) is 0 Å². The molecule has 0 aliphatic carbocycles. The number of rotatable bonds is 8. The fourth-order valence-corrected chi connectivity index (χ4v) is 3.10. The Morgan fingerprint density at radius 2 is 1.66 bits per heavy atom. The van der Waals surface area contributed by atoms with Crippen LogP contribution < -0.4 is 24.8 Å². The molecule has 2 aromatic carbocycles. The van der Waals surface area contributed by atoms with Crippen molar-refractivity contribution in [3.63, 3.8) is 0 Å². The minimum absolute atomic E-state index is 0.455. The summed E-state index contributed by atoms with van der Waals surface area (Å²) in [5.74, 6) is 2.80. The average Bonchev–Trinajstić information content (AvgIpc) is 2.74. The Labute approximate surface area is 171 Å². The van der Waals surface area contributed by atoms with Crippen LogP contribution >= 0.6 is 0 Å². The molecule has 2 N–H and O–H groups in total. The summed E-state index contributed by atoms with van der Waals surface area (Å²) in [6.07, 6.45) is 2.64. The Kier molecular flexibility index (Phi) is 6.39. The van der Waals surface area contributed by atoms with Crippen molar-refractivity contribution in [1.29, 1.82) is 0 Å². The van der Waals surface area contributed by atoms with E-state index in [0.717, 1.165) is 17.8 Å². The van der Waals surface area contributed by atoms with Gasteiger partial charge in [0.15, 0.2) is 11.5 Å². The molecule has 0 spiro atoms. The normalized spacial score (nSPS) is 10.4. The summed E-state index contributed by atoms with van der Waals surface area (Å²) in [5, 5.41) is 6.62. The van der Waals surface area contributed by atoms with Crippen molar-refractivity contribution in [3.8, 4) is 17.2 Å². The molecule has 0 unspecified atom stereocenters. The van der Waals surface area contributed by atoms with Crippen LogP contribution in [0.15, 0.2) is 42.6 Å². The molecule has 0 aliphatic rings. The first kappa shape index (κ1) is 20.3. The Morgan fingerprint density at radius 1 is 0.931 bits per heavy atom. The third-order valence-electron chi connectivity index (χ3n) is 4.57. The van der Waals surface area contributed by atoms with Gasteiger partial charge in [0.2, 0.25) is 11.7 Å². The summed E-state index contributed by atoms with van der Waals surface area (Å²) in [6.45, 7) is 4.22. The predicted molar refractivity (Wildman–Crippen MR) is 115 cm³/mol. The molecule has 0 saturated carbocycles. The van der Waals surface area contributed by atoms with Gasteiger partial charge in [0.05, 0.1) is 21.3 Å². The zero-order valence-electron chi connectivity index (χ0n) is 17.4. The van der Waals surface area contributed by atoms with Crippen LogP contribution in [0, 0.1) is 6.92 Å². The van der Waals surface area contributed by atoms with E-state index in [4.69, 9.17) is 14.2 Å². The van der Waals surface area contributed by atoms with E-state index in [2.05, 4.69) is 52.6 Å². The van der Waals surface area contributed by atoms with Gasteiger partial charge < -0.3 is 24.8 Å². The maximum atomic E-state index is 5.40. The zero-order valence-corrected chi connectivity index (χ0v) is 17.4. The smallest absolute Gasteiger partial charge is 0.229 e. The van der Waals surface area contributed by atoms with Gasteiger partial charge in [-0.15, -0.1) is 0 Å². The molecular weight excluding hydrogens is 368 g/mol. The molecule has 0 saturated heterocycles. The third kappa shape index (κ3) is 4.51. The summed E-state index contributed by atoms with van der Waals surface area (Å²) in [4.78, 5) is 8.91. The highest BCUT2D eigenvalue weighted by Gasteiger charge is 2.14. The van der Waals surface area contributed by atoms with Gasteiger partial charge in [-0.3, -0.25) is 0 Å². The van der Waals surface area contributed by atoms with E-state index in [1.54, 1.807) is 39.7 Å². The van der Waals surface area contributed by atoms with Gasteiger partial charge in [-0.05, 0) is 30.5 Å². The van der Waals surface area contributed by atoms with Crippen LogP contribution in [-0.4, -0.2) is 31.3 Å². The number of anilines is 4. The molecule has 7 heteroatoms. The highest BCUT2D eigenvalue weighted by Crippen LogP contribution is 2.40. The van der Waals surface area contributed by atoms with Crippen LogP contribution in [0.2, 0.25) is 0 Å². The Bertz CT molecular complexity index is 967. The lowest BCUT2D eigenvalue weighted by Crippen LogP contribution is -2.03. The molecule has 0 atom stereocenters. The largest absolute Gasteiger partial charge is 0.493 e. The first-order chi connectivity index (χ1) is 14.1. The van der Waals surface area contributed by atoms with Crippen molar-refractivity contribution in [2.45, 2.75) is 20.3 Å². The summed E-state index contributed by atoms with van der Waals surface area (Å²) >= 11 is 0. The molecule has 0 bridgehead atoms. The molecular formula is C22H26N4O3. The SMILES string of the molecule is CCc1cccc(C)c1Nc1ccnc(Nc2cc(OC)c(OC)c(OC)c2)n1. The topological polar surface area (TPSA) is 77.5 Å². The van der Waals surface area contributed by atoms with Gasteiger partial charge in [-0.1, -0.05) is 25.1 Å². The lowest BCUT2D eigenvalue weighted by molar-refractivity contribution is 0.324. The fourth-order valence-electron chi connectivity index (χ4n) is 3.10. The van der Waals surface area contributed by atoms with Crippen molar-refractivity contribution in [2.75, 3.05) is 32.0 Å². The van der Waals surface area contributed by atoms with E-state index in [1.807, 2.05) is 6.07 Å². The second-order valence-corrected chi connectivity index (χ2v) is 6.39. The second kappa shape index (κ2) is 9.14. The summed E-state index contributed by atoms with van der Waals surface area (Å²) in [7, 11) is 4.73. The average molecular weight is 394 g/mol. The summed E-state index contributed by atoms with van der Waals surface area (Å²) in [6, 6.07) is 11.7. The van der Waals surface area contributed by atoms with Crippen molar-refractivity contribution in [2.24, 2.45) is 0 Å². The van der Waals surface area contributed by atoms with Crippen molar-refractivity contribution < 1.29 is 14.2 Å².